The molecule has 0 aliphatic carbocycles. The molecular formula is C11H13O+. The second kappa shape index (κ2) is 4.50. The lowest BCUT2D eigenvalue weighted by atomic mass is 10.1. The fourth-order valence-corrected chi connectivity index (χ4v) is 1.03. The third kappa shape index (κ3) is 2.70. The van der Waals surface area contributed by atoms with E-state index in [1.807, 2.05) is 25.1 Å². The smallest absolute Gasteiger partial charge is 0.265 e. The van der Waals surface area contributed by atoms with E-state index in [1.165, 1.54) is 5.56 Å². The molecule has 0 bridgehead atoms. The van der Waals surface area contributed by atoms with Gasteiger partial charge in [0.15, 0.2) is 0 Å². The molecule has 0 saturated carbocycles. The van der Waals surface area contributed by atoms with Crippen LogP contribution in [0.5, 0.6) is 0 Å². The van der Waals surface area contributed by atoms with Gasteiger partial charge in [-0.3, -0.25) is 4.42 Å². The Hall–Kier alpha value is -1.37. The minimum Gasteiger partial charge on any atom is -0.265 e. The molecule has 0 fully saturated rings. The predicted molar refractivity (Wildman–Crippen MR) is 52.1 cm³/mol. The fourth-order valence-electron chi connectivity index (χ4n) is 1.03. The van der Waals surface area contributed by atoms with Crippen LogP contribution >= 0.6 is 0 Å². The molecule has 0 N–H and O–H groups in total. The van der Waals surface area contributed by atoms with Gasteiger partial charge in [0.2, 0.25) is 0 Å². The molecule has 0 spiro atoms. The maximum atomic E-state index is 4.88. The van der Waals surface area contributed by atoms with Crippen molar-refractivity contribution in [2.45, 2.75) is 6.92 Å². The highest BCUT2D eigenvalue weighted by molar-refractivity contribution is 5.80. The average molecular weight is 161 g/mol. The Morgan fingerprint density at radius 1 is 1.25 bits per heavy atom. The van der Waals surface area contributed by atoms with Gasteiger partial charge >= 0.3 is 6.29 Å². The van der Waals surface area contributed by atoms with Crippen molar-refractivity contribution in [1.82, 2.24) is 0 Å². The Bertz CT molecular complexity index is 283. The molecule has 62 valence electrons. The van der Waals surface area contributed by atoms with E-state index in [4.69, 9.17) is 4.42 Å². The molecular weight excluding hydrogens is 148 g/mol. The van der Waals surface area contributed by atoms with E-state index in [9.17, 15) is 0 Å². The molecule has 1 aromatic rings. The monoisotopic (exact) mass is 161 g/mol. The zero-order valence-corrected chi connectivity index (χ0v) is 7.45. The van der Waals surface area contributed by atoms with Gasteiger partial charge in [0, 0.05) is 5.57 Å². The Labute approximate surface area is 73.0 Å². The molecule has 0 aliphatic rings. The molecule has 0 aromatic heterocycles. The number of aldehydes is 1. The summed E-state index contributed by atoms with van der Waals surface area (Å²) in [6.07, 6.45) is 3.80. The van der Waals surface area contributed by atoms with Crippen molar-refractivity contribution in [3.8, 4) is 0 Å². The van der Waals surface area contributed by atoms with Crippen LogP contribution in [0.25, 0.3) is 6.08 Å². The van der Waals surface area contributed by atoms with E-state index in [0.717, 1.165) is 5.57 Å². The number of benzene rings is 1. The van der Waals surface area contributed by atoms with Crippen molar-refractivity contribution in [1.29, 1.82) is 0 Å². The van der Waals surface area contributed by atoms with Gasteiger partial charge in [-0.25, -0.2) is 0 Å². The molecule has 0 amide bonds. The van der Waals surface area contributed by atoms with Crippen LogP contribution in [0, 0.1) is 0 Å². The zero-order chi connectivity index (χ0) is 8.81. The van der Waals surface area contributed by atoms with Gasteiger partial charge in [-0.05, 0) is 18.6 Å². The maximum absolute atomic E-state index is 4.88. The second-order valence-corrected chi connectivity index (χ2v) is 2.65. The van der Waals surface area contributed by atoms with Crippen molar-refractivity contribution < 1.29 is 4.42 Å². The number of hydrogen-bond acceptors (Lipinski definition) is 0. The van der Waals surface area contributed by atoms with Gasteiger partial charge in [-0.2, -0.15) is 0 Å². The highest BCUT2D eigenvalue weighted by atomic mass is 16.4. The van der Waals surface area contributed by atoms with Crippen molar-refractivity contribution in [2.75, 3.05) is 7.11 Å². The van der Waals surface area contributed by atoms with Crippen molar-refractivity contribution in [3.05, 3.63) is 41.5 Å². The van der Waals surface area contributed by atoms with Crippen LogP contribution in [-0.4, -0.2) is 13.4 Å². The summed E-state index contributed by atoms with van der Waals surface area (Å²) in [6.45, 7) is 2.01. The van der Waals surface area contributed by atoms with Gasteiger partial charge in [0.25, 0.3) is 7.11 Å². The Kier molecular flexibility index (Phi) is 3.27. The molecule has 0 radical (unpaired) electrons. The first kappa shape index (κ1) is 8.72. The van der Waals surface area contributed by atoms with Crippen LogP contribution in [0.3, 0.4) is 0 Å². The first-order chi connectivity index (χ1) is 5.83. The number of hydrogen-bond donors (Lipinski definition) is 0. The van der Waals surface area contributed by atoms with E-state index in [0.29, 0.717) is 0 Å². The third-order valence-corrected chi connectivity index (χ3v) is 1.50. The molecule has 1 nitrogen and oxygen atoms in total. The largest absolute Gasteiger partial charge is 0.310 e. The molecule has 0 aliphatic heterocycles. The SMILES string of the molecule is C[O+]=C/C(C)=C/c1ccccc1. The quantitative estimate of drug-likeness (QED) is 0.358. The molecule has 0 saturated heterocycles. The van der Waals surface area contributed by atoms with Gasteiger partial charge in [0.05, 0.1) is 0 Å². The first-order valence-corrected chi connectivity index (χ1v) is 3.92. The highest BCUT2D eigenvalue weighted by Crippen LogP contribution is 2.03. The lowest BCUT2D eigenvalue weighted by Gasteiger charge is -1.89. The predicted octanol–water partition coefficient (Wildman–Crippen LogP) is 2.45. The molecule has 0 unspecified atom stereocenters. The van der Waals surface area contributed by atoms with Gasteiger partial charge < -0.3 is 0 Å². The van der Waals surface area contributed by atoms with Gasteiger partial charge in [-0.1, -0.05) is 30.3 Å². The van der Waals surface area contributed by atoms with Crippen LogP contribution in [0.1, 0.15) is 12.5 Å². The summed E-state index contributed by atoms with van der Waals surface area (Å²) in [4.78, 5) is 0. The first-order valence-electron chi connectivity index (χ1n) is 3.92. The van der Waals surface area contributed by atoms with Crippen LogP contribution in [0.4, 0.5) is 0 Å². The minimum atomic E-state index is 1.11. The summed E-state index contributed by atoms with van der Waals surface area (Å²) >= 11 is 0. The number of carbonyl (C=O) groups excluding carboxylic acids is 1. The molecule has 1 rings (SSSR count). The minimum absolute atomic E-state index is 1.11. The van der Waals surface area contributed by atoms with E-state index in [-0.39, 0.29) is 0 Å². The average Bonchev–Trinajstić information content (AvgIpc) is 2.06. The standard InChI is InChI=1S/C11H13O/c1-10(9-12-2)8-11-6-4-3-5-7-11/h3-9H,1-2H3/q+1/b10-8+. The van der Waals surface area contributed by atoms with E-state index in [2.05, 4.69) is 18.2 Å². The van der Waals surface area contributed by atoms with Crippen molar-refractivity contribution in [2.24, 2.45) is 0 Å². The summed E-state index contributed by atoms with van der Waals surface area (Å²) in [6, 6.07) is 10.2. The van der Waals surface area contributed by atoms with E-state index < -0.39 is 0 Å². The van der Waals surface area contributed by atoms with E-state index >= 15 is 0 Å². The van der Waals surface area contributed by atoms with Crippen LogP contribution in [-0.2, 0) is 4.42 Å². The molecule has 0 heterocycles. The van der Waals surface area contributed by atoms with Crippen molar-refractivity contribution >= 4 is 12.4 Å². The molecule has 0 atom stereocenters. The maximum Gasteiger partial charge on any atom is 0.310 e. The highest BCUT2D eigenvalue weighted by Gasteiger charge is 1.90. The zero-order valence-electron chi connectivity index (χ0n) is 7.45. The Balaban J connectivity index is 2.81. The van der Waals surface area contributed by atoms with Gasteiger partial charge in [-0.15, -0.1) is 0 Å². The molecule has 1 aromatic carbocycles. The normalized spacial score (nSPS) is 12.3. The lowest BCUT2D eigenvalue weighted by molar-refractivity contribution is -0.413. The topological polar surface area (TPSA) is 11.3 Å². The second-order valence-electron chi connectivity index (χ2n) is 2.65. The number of rotatable bonds is 2. The third-order valence-electron chi connectivity index (χ3n) is 1.50. The summed E-state index contributed by atoms with van der Waals surface area (Å²) < 4.78 is 4.88. The van der Waals surface area contributed by atoms with Crippen LogP contribution in [0.15, 0.2) is 35.9 Å². The lowest BCUT2D eigenvalue weighted by Crippen LogP contribution is -1.80. The summed E-state index contributed by atoms with van der Waals surface area (Å²) in [5, 5.41) is 0. The summed E-state index contributed by atoms with van der Waals surface area (Å²) in [7, 11) is 1.66. The number of allylic oxidation sites excluding steroid dienone is 1. The van der Waals surface area contributed by atoms with Gasteiger partial charge in [0.1, 0.15) is 0 Å². The van der Waals surface area contributed by atoms with Crippen LogP contribution < -0.4 is 0 Å². The summed E-state index contributed by atoms with van der Waals surface area (Å²) in [5.74, 6) is 0. The van der Waals surface area contributed by atoms with Crippen molar-refractivity contribution in [3.63, 3.8) is 0 Å². The fraction of sp³-hybridized carbons (Fsp3) is 0.182. The van der Waals surface area contributed by atoms with Crippen LogP contribution in [0.2, 0.25) is 0 Å². The Morgan fingerprint density at radius 2 is 1.92 bits per heavy atom. The molecule has 12 heavy (non-hydrogen) atoms. The Morgan fingerprint density at radius 3 is 2.50 bits per heavy atom. The summed E-state index contributed by atoms with van der Waals surface area (Å²) in [5.41, 5.74) is 2.31. The molecule has 1 heteroatoms. The van der Waals surface area contributed by atoms with E-state index in [1.54, 1.807) is 13.4 Å².